The topological polar surface area (TPSA) is 41.6 Å². The molecule has 0 aliphatic rings. The lowest BCUT2D eigenvalue weighted by Gasteiger charge is -1.84. The van der Waals surface area contributed by atoms with Crippen molar-refractivity contribution >= 4 is 0 Å². The molecule has 0 aliphatic heterocycles. The van der Waals surface area contributed by atoms with Gasteiger partial charge in [0.15, 0.2) is 0 Å². The number of hydrogen-bond donors (Lipinski definition) is 0. The van der Waals surface area contributed by atoms with Crippen LogP contribution in [-0.2, 0) is 7.05 Å². The van der Waals surface area contributed by atoms with Gasteiger partial charge in [-0.15, -0.1) is 0 Å². The maximum Gasteiger partial charge on any atom is 0.213 e. The minimum Gasteiger partial charge on any atom is -0.325 e. The average Bonchev–Trinajstić information content (AvgIpc) is 2.14. The Hall–Kier alpha value is -1.30. The Kier molecular flexibility index (Phi) is 1.01. The molecule has 1 rings (SSSR count). The van der Waals surface area contributed by atoms with Crippen LogP contribution < -0.4 is 0 Å². The monoisotopic (exact) mass is 106 g/mol. The molecule has 0 spiro atoms. The Bertz CT molecular complexity index is 218. The summed E-state index contributed by atoms with van der Waals surface area (Å²) in [5.41, 5.74) is 0. The molecule has 0 N–H and O–H groups in total. The quantitative estimate of drug-likeness (QED) is 0.470. The third-order valence-corrected chi connectivity index (χ3v) is 0.856. The number of nitriles is 1. The van der Waals surface area contributed by atoms with Crippen LogP contribution in [0.2, 0.25) is 0 Å². The molecule has 8 heavy (non-hydrogen) atoms. The maximum absolute atomic E-state index is 8.25. The van der Waals surface area contributed by atoms with Crippen molar-refractivity contribution in [3.63, 3.8) is 0 Å². The van der Waals surface area contributed by atoms with Crippen LogP contribution >= 0.6 is 0 Å². The molecule has 1 aromatic heterocycles. The van der Waals surface area contributed by atoms with Crippen molar-refractivity contribution in [2.75, 3.05) is 0 Å². The molecular formula is C5H4N3. The summed E-state index contributed by atoms with van der Waals surface area (Å²) in [4.78, 5) is 3.61. The molecular weight excluding hydrogens is 102 g/mol. The zero-order chi connectivity index (χ0) is 5.98. The van der Waals surface area contributed by atoms with Crippen molar-refractivity contribution in [2.45, 2.75) is 0 Å². The Morgan fingerprint density at radius 1 is 2.00 bits per heavy atom. The second-order valence-corrected chi connectivity index (χ2v) is 1.42. The minimum absolute atomic E-state index is 0.394. The van der Waals surface area contributed by atoms with Crippen LogP contribution in [0.4, 0.5) is 0 Å². The first-order chi connectivity index (χ1) is 3.84. The molecule has 3 nitrogen and oxygen atoms in total. The van der Waals surface area contributed by atoms with Crippen molar-refractivity contribution in [3.8, 4) is 6.07 Å². The Morgan fingerprint density at radius 3 is 3.00 bits per heavy atom. The van der Waals surface area contributed by atoms with Crippen LogP contribution in [-0.4, -0.2) is 9.55 Å². The van der Waals surface area contributed by atoms with E-state index in [4.69, 9.17) is 5.26 Å². The standard InChI is InChI=1S/C5H4N3/c1-8-3-2-7-5(8)4-6/h3H,1H3. The van der Waals surface area contributed by atoms with Crippen LogP contribution in [0.5, 0.6) is 0 Å². The highest BCUT2D eigenvalue weighted by atomic mass is 15.0. The molecule has 0 bridgehead atoms. The Balaban J connectivity index is 3.15. The van der Waals surface area contributed by atoms with Crippen LogP contribution in [0.25, 0.3) is 0 Å². The van der Waals surface area contributed by atoms with Gasteiger partial charge in [-0.3, -0.25) is 0 Å². The molecule has 0 aromatic carbocycles. The van der Waals surface area contributed by atoms with Crippen molar-refractivity contribution in [3.05, 3.63) is 18.2 Å². The van der Waals surface area contributed by atoms with Gasteiger partial charge in [0.25, 0.3) is 0 Å². The van der Waals surface area contributed by atoms with Gasteiger partial charge in [0.2, 0.25) is 5.82 Å². The third kappa shape index (κ3) is 0.562. The van der Waals surface area contributed by atoms with Gasteiger partial charge in [-0.1, -0.05) is 0 Å². The van der Waals surface area contributed by atoms with Gasteiger partial charge in [-0.25, -0.2) is 4.98 Å². The van der Waals surface area contributed by atoms with E-state index >= 15 is 0 Å². The van der Waals surface area contributed by atoms with Crippen molar-refractivity contribution in [2.24, 2.45) is 7.05 Å². The van der Waals surface area contributed by atoms with Gasteiger partial charge in [0.1, 0.15) is 12.3 Å². The van der Waals surface area contributed by atoms with Crippen molar-refractivity contribution in [1.29, 1.82) is 5.26 Å². The third-order valence-electron chi connectivity index (χ3n) is 0.856. The number of nitrogens with zero attached hydrogens (tertiary/aromatic N) is 3. The lowest BCUT2D eigenvalue weighted by atomic mass is 10.7. The first-order valence-corrected chi connectivity index (χ1v) is 2.14. The molecule has 1 heterocycles. The second kappa shape index (κ2) is 1.66. The lowest BCUT2D eigenvalue weighted by molar-refractivity contribution is 0.889. The number of aromatic nitrogens is 2. The molecule has 1 radical (unpaired) electrons. The van der Waals surface area contributed by atoms with Gasteiger partial charge in [0.05, 0.1) is 0 Å². The van der Waals surface area contributed by atoms with Gasteiger partial charge in [0, 0.05) is 13.2 Å². The van der Waals surface area contributed by atoms with E-state index in [0.29, 0.717) is 5.82 Å². The predicted molar refractivity (Wildman–Crippen MR) is 26.8 cm³/mol. The zero-order valence-electron chi connectivity index (χ0n) is 4.42. The maximum atomic E-state index is 8.25. The molecule has 0 saturated carbocycles. The summed E-state index contributed by atoms with van der Waals surface area (Å²) in [6.07, 6.45) is 4.15. The van der Waals surface area contributed by atoms with E-state index in [9.17, 15) is 0 Å². The number of imidazole rings is 1. The molecule has 0 atom stereocenters. The SMILES string of the molecule is Cn1c[c]nc1C#N. The smallest absolute Gasteiger partial charge is 0.213 e. The highest BCUT2D eigenvalue weighted by molar-refractivity contribution is 5.09. The van der Waals surface area contributed by atoms with E-state index in [2.05, 4.69) is 11.2 Å². The summed E-state index contributed by atoms with van der Waals surface area (Å²) < 4.78 is 1.61. The molecule has 0 saturated heterocycles. The first-order valence-electron chi connectivity index (χ1n) is 2.14. The van der Waals surface area contributed by atoms with Crippen molar-refractivity contribution in [1.82, 2.24) is 9.55 Å². The van der Waals surface area contributed by atoms with Gasteiger partial charge >= 0.3 is 0 Å². The molecule has 3 heteroatoms. The summed E-state index contributed by atoms with van der Waals surface area (Å²) in [7, 11) is 1.75. The van der Waals surface area contributed by atoms with E-state index in [1.165, 1.54) is 0 Å². The molecule has 0 amide bonds. The van der Waals surface area contributed by atoms with E-state index in [-0.39, 0.29) is 0 Å². The fourth-order valence-electron chi connectivity index (χ4n) is 0.420. The van der Waals surface area contributed by atoms with E-state index in [1.807, 2.05) is 6.07 Å². The summed E-state index contributed by atoms with van der Waals surface area (Å²) in [5, 5.41) is 8.25. The lowest BCUT2D eigenvalue weighted by Crippen LogP contribution is -1.88. The molecule has 1 aromatic rings. The molecule has 39 valence electrons. The first kappa shape index (κ1) is 4.85. The summed E-state index contributed by atoms with van der Waals surface area (Å²) in [5.74, 6) is 0.394. The zero-order valence-corrected chi connectivity index (χ0v) is 4.42. The molecule has 0 aliphatic carbocycles. The summed E-state index contributed by atoms with van der Waals surface area (Å²) in [6.45, 7) is 0. The van der Waals surface area contributed by atoms with Gasteiger partial charge in [-0.05, 0) is 0 Å². The average molecular weight is 106 g/mol. The highest BCUT2D eigenvalue weighted by Gasteiger charge is 1.91. The highest BCUT2D eigenvalue weighted by Crippen LogP contribution is 1.87. The van der Waals surface area contributed by atoms with Gasteiger partial charge < -0.3 is 4.57 Å². The van der Waals surface area contributed by atoms with Crippen LogP contribution in [0, 0.1) is 17.5 Å². The fraction of sp³-hybridized carbons (Fsp3) is 0.200. The van der Waals surface area contributed by atoms with Crippen LogP contribution in [0.3, 0.4) is 0 Å². The largest absolute Gasteiger partial charge is 0.325 e. The minimum atomic E-state index is 0.394. The van der Waals surface area contributed by atoms with E-state index < -0.39 is 0 Å². The predicted octanol–water partition coefficient (Wildman–Crippen LogP) is 0.0920. The van der Waals surface area contributed by atoms with Crippen molar-refractivity contribution < 1.29 is 0 Å². The number of aryl methyl sites for hydroxylation is 1. The Morgan fingerprint density at radius 2 is 2.75 bits per heavy atom. The van der Waals surface area contributed by atoms with Gasteiger partial charge in [-0.2, -0.15) is 5.26 Å². The number of rotatable bonds is 0. The fourth-order valence-corrected chi connectivity index (χ4v) is 0.420. The molecule has 0 fully saturated rings. The van der Waals surface area contributed by atoms with E-state index in [1.54, 1.807) is 17.8 Å². The van der Waals surface area contributed by atoms with E-state index in [0.717, 1.165) is 0 Å². The summed E-state index contributed by atoms with van der Waals surface area (Å²) in [6, 6.07) is 1.90. The number of hydrogen-bond acceptors (Lipinski definition) is 2. The second-order valence-electron chi connectivity index (χ2n) is 1.42. The summed E-state index contributed by atoms with van der Waals surface area (Å²) >= 11 is 0. The van der Waals surface area contributed by atoms with Crippen LogP contribution in [0.1, 0.15) is 5.82 Å². The Labute approximate surface area is 47.2 Å². The normalized spacial score (nSPS) is 8.50. The molecule has 0 unspecified atom stereocenters. The van der Waals surface area contributed by atoms with Crippen LogP contribution in [0.15, 0.2) is 6.20 Å².